The van der Waals surface area contributed by atoms with Crippen molar-refractivity contribution in [3.8, 4) is 0 Å². The summed E-state index contributed by atoms with van der Waals surface area (Å²) in [4.78, 5) is 24.7. The Kier molecular flexibility index (Phi) is 12.9. The molecular formula is C35H55N5O3. The van der Waals surface area contributed by atoms with Crippen LogP contribution >= 0.6 is 0 Å². The summed E-state index contributed by atoms with van der Waals surface area (Å²) >= 11 is 0. The van der Waals surface area contributed by atoms with Crippen molar-refractivity contribution in [2.75, 3.05) is 57.3 Å². The molecule has 1 aromatic rings. The smallest absolute Gasteiger partial charge is 0.324 e. The van der Waals surface area contributed by atoms with Gasteiger partial charge in [-0.3, -0.25) is 4.79 Å². The third-order valence-electron chi connectivity index (χ3n) is 9.27. The van der Waals surface area contributed by atoms with Crippen LogP contribution in [0.15, 0.2) is 52.3 Å². The van der Waals surface area contributed by atoms with Gasteiger partial charge in [-0.25, -0.2) is 0 Å². The van der Waals surface area contributed by atoms with Crippen molar-refractivity contribution in [1.82, 2.24) is 19.9 Å². The Hall–Kier alpha value is -2.87. The molecule has 2 aliphatic heterocycles. The molecular weight excluding hydrogens is 538 g/mol. The number of hydrogen-bond donors (Lipinski definition) is 0. The van der Waals surface area contributed by atoms with Crippen LogP contribution in [0.25, 0.3) is 0 Å². The standard InChI is InChI=1S/C35H55N5O3/c1-6-30(13-12-28(5)42-26-29-18-24-40(25-19-29)35-36-33(27(3)4)37-43-35)31-14-16-32(17-15-31)34(41)39(7-2)23-11-22-38-20-9-8-10-21-38/h6,12-14,27,29,32H,5,7-11,15-26H2,1-4H3/b13-12-,30-6+. The lowest BCUT2D eigenvalue weighted by atomic mass is 9.85. The highest BCUT2D eigenvalue weighted by Crippen LogP contribution is 2.30. The normalized spacial score (nSPS) is 21.0. The average Bonchev–Trinajstić information content (AvgIpc) is 3.54. The number of likely N-dealkylation sites (tertiary alicyclic amines) is 1. The first-order valence-electron chi connectivity index (χ1n) is 16.8. The third kappa shape index (κ3) is 9.82. The fourth-order valence-electron chi connectivity index (χ4n) is 6.40. The number of allylic oxidation sites excluding steroid dienone is 6. The first-order chi connectivity index (χ1) is 20.9. The molecule has 238 valence electrons. The number of carbonyl (C=O) groups excluding carboxylic acids is 1. The summed E-state index contributed by atoms with van der Waals surface area (Å²) in [6, 6.07) is 0.632. The number of ether oxygens (including phenoxy) is 1. The Bertz CT molecular complexity index is 1120. The van der Waals surface area contributed by atoms with Crippen LogP contribution in [-0.4, -0.2) is 78.3 Å². The number of rotatable bonds is 14. The van der Waals surface area contributed by atoms with Gasteiger partial charge in [0.15, 0.2) is 5.82 Å². The minimum Gasteiger partial charge on any atom is -0.494 e. The fourth-order valence-corrected chi connectivity index (χ4v) is 6.40. The van der Waals surface area contributed by atoms with Gasteiger partial charge >= 0.3 is 6.01 Å². The first kappa shape index (κ1) is 33.0. The van der Waals surface area contributed by atoms with Gasteiger partial charge in [-0.15, -0.1) is 0 Å². The van der Waals surface area contributed by atoms with Gasteiger partial charge in [-0.2, -0.15) is 4.98 Å². The van der Waals surface area contributed by atoms with Gasteiger partial charge in [-0.05, 0) is 108 Å². The van der Waals surface area contributed by atoms with E-state index in [-0.39, 0.29) is 11.8 Å². The zero-order valence-electron chi connectivity index (χ0n) is 27.2. The monoisotopic (exact) mass is 593 g/mol. The van der Waals surface area contributed by atoms with E-state index in [9.17, 15) is 4.79 Å². The number of nitrogens with zero attached hydrogens (tertiary/aromatic N) is 5. The summed E-state index contributed by atoms with van der Waals surface area (Å²) in [5.74, 6) is 2.63. The third-order valence-corrected chi connectivity index (χ3v) is 9.27. The highest BCUT2D eigenvalue weighted by Gasteiger charge is 2.26. The second-order valence-electron chi connectivity index (χ2n) is 12.7. The van der Waals surface area contributed by atoms with Gasteiger partial charge in [0.2, 0.25) is 5.91 Å². The number of hydrogen-bond acceptors (Lipinski definition) is 7. The van der Waals surface area contributed by atoms with Crippen molar-refractivity contribution >= 4 is 11.9 Å². The van der Waals surface area contributed by atoms with Crippen molar-refractivity contribution < 1.29 is 14.1 Å². The minimum absolute atomic E-state index is 0.0996. The van der Waals surface area contributed by atoms with E-state index < -0.39 is 0 Å². The Morgan fingerprint density at radius 3 is 2.56 bits per heavy atom. The molecule has 8 nitrogen and oxygen atoms in total. The summed E-state index contributed by atoms with van der Waals surface area (Å²) in [6.07, 6.45) is 18.3. The van der Waals surface area contributed by atoms with Gasteiger partial charge in [0, 0.05) is 38.0 Å². The van der Waals surface area contributed by atoms with Crippen LogP contribution < -0.4 is 4.90 Å². The molecule has 4 rings (SSSR count). The number of amides is 1. The van der Waals surface area contributed by atoms with Crippen LogP contribution in [-0.2, 0) is 9.53 Å². The lowest BCUT2D eigenvalue weighted by molar-refractivity contribution is -0.135. The number of carbonyl (C=O) groups is 1. The molecule has 0 saturated carbocycles. The van der Waals surface area contributed by atoms with E-state index in [1.54, 1.807) is 0 Å². The Balaban J connectivity index is 1.16. The largest absolute Gasteiger partial charge is 0.494 e. The van der Waals surface area contributed by atoms with E-state index in [2.05, 4.69) is 77.3 Å². The summed E-state index contributed by atoms with van der Waals surface area (Å²) < 4.78 is 11.5. The zero-order valence-corrected chi connectivity index (χ0v) is 27.2. The van der Waals surface area contributed by atoms with Crippen LogP contribution in [0, 0.1) is 11.8 Å². The molecule has 8 heteroatoms. The molecule has 3 heterocycles. The molecule has 2 saturated heterocycles. The molecule has 0 bridgehead atoms. The van der Waals surface area contributed by atoms with E-state index in [1.807, 2.05) is 6.08 Å². The maximum absolute atomic E-state index is 13.3. The Morgan fingerprint density at radius 2 is 1.93 bits per heavy atom. The molecule has 1 unspecified atom stereocenters. The van der Waals surface area contributed by atoms with Crippen molar-refractivity contribution in [3.63, 3.8) is 0 Å². The topological polar surface area (TPSA) is 74.9 Å². The average molecular weight is 594 g/mol. The van der Waals surface area contributed by atoms with Crippen molar-refractivity contribution in [2.24, 2.45) is 11.8 Å². The number of anilines is 1. The van der Waals surface area contributed by atoms with Crippen molar-refractivity contribution in [3.05, 3.63) is 53.6 Å². The molecule has 2 fully saturated rings. The van der Waals surface area contributed by atoms with Gasteiger partial charge < -0.3 is 24.0 Å². The molecule has 3 aliphatic rings. The van der Waals surface area contributed by atoms with Crippen LogP contribution in [0.1, 0.15) is 97.2 Å². The highest BCUT2D eigenvalue weighted by molar-refractivity contribution is 5.79. The van der Waals surface area contributed by atoms with Crippen molar-refractivity contribution in [2.45, 2.75) is 91.4 Å². The summed E-state index contributed by atoms with van der Waals surface area (Å²) in [6.45, 7) is 20.2. The van der Waals surface area contributed by atoms with Crippen LogP contribution in [0.3, 0.4) is 0 Å². The molecule has 1 aromatic heterocycles. The van der Waals surface area contributed by atoms with Crippen LogP contribution in [0.5, 0.6) is 0 Å². The maximum atomic E-state index is 13.3. The lowest BCUT2D eigenvalue weighted by Crippen LogP contribution is -2.39. The fraction of sp³-hybridized carbons (Fsp3) is 0.686. The summed E-state index contributed by atoms with van der Waals surface area (Å²) in [5.41, 5.74) is 2.51. The minimum atomic E-state index is 0.0996. The molecule has 0 aromatic carbocycles. The second-order valence-corrected chi connectivity index (χ2v) is 12.7. The summed E-state index contributed by atoms with van der Waals surface area (Å²) in [5, 5.41) is 4.09. The molecule has 1 amide bonds. The molecule has 1 aliphatic carbocycles. The van der Waals surface area contributed by atoms with Crippen LogP contribution in [0.4, 0.5) is 6.01 Å². The van der Waals surface area contributed by atoms with E-state index in [0.717, 1.165) is 77.1 Å². The predicted octanol–water partition coefficient (Wildman–Crippen LogP) is 6.89. The van der Waals surface area contributed by atoms with E-state index in [4.69, 9.17) is 9.26 Å². The molecule has 0 radical (unpaired) electrons. The maximum Gasteiger partial charge on any atom is 0.324 e. The second kappa shape index (κ2) is 16.8. The lowest BCUT2D eigenvalue weighted by Gasteiger charge is -2.30. The van der Waals surface area contributed by atoms with Gasteiger partial charge in [-0.1, -0.05) is 50.2 Å². The van der Waals surface area contributed by atoms with Crippen LogP contribution in [0.2, 0.25) is 0 Å². The van der Waals surface area contributed by atoms with E-state index >= 15 is 0 Å². The van der Waals surface area contributed by atoms with Gasteiger partial charge in [0.1, 0.15) is 5.76 Å². The molecule has 1 atom stereocenters. The molecule has 0 N–H and O–H groups in total. The Labute approximate surface area is 259 Å². The molecule has 43 heavy (non-hydrogen) atoms. The number of aromatic nitrogens is 2. The van der Waals surface area contributed by atoms with Gasteiger partial charge in [0.25, 0.3) is 0 Å². The van der Waals surface area contributed by atoms with Crippen molar-refractivity contribution in [1.29, 1.82) is 0 Å². The van der Waals surface area contributed by atoms with E-state index in [1.165, 1.54) is 43.5 Å². The first-order valence-corrected chi connectivity index (χ1v) is 16.8. The molecule has 0 spiro atoms. The quantitative estimate of drug-likeness (QED) is 0.172. The SMILES string of the molecule is C=C(/C=C\C(=C/C)C1=CCC(C(=O)N(CC)CCCN2CCCCC2)CC1)OCC1CCN(c2nc(C(C)C)no2)CC1. The van der Waals surface area contributed by atoms with E-state index in [0.29, 0.717) is 30.2 Å². The number of piperidine rings is 2. The highest BCUT2D eigenvalue weighted by atomic mass is 16.5. The predicted molar refractivity (Wildman–Crippen MR) is 174 cm³/mol. The van der Waals surface area contributed by atoms with Gasteiger partial charge in [0.05, 0.1) is 6.61 Å². The Morgan fingerprint density at radius 1 is 1.16 bits per heavy atom. The zero-order chi connectivity index (χ0) is 30.6. The summed E-state index contributed by atoms with van der Waals surface area (Å²) in [7, 11) is 0.